The summed E-state index contributed by atoms with van der Waals surface area (Å²) in [5.41, 5.74) is 0.901. The van der Waals surface area contributed by atoms with Gasteiger partial charge in [-0.2, -0.15) is 4.72 Å². The molecule has 0 fully saturated rings. The first-order valence-electron chi connectivity index (χ1n) is 7.97. The van der Waals surface area contributed by atoms with Crippen molar-refractivity contribution in [2.45, 2.75) is 4.90 Å². The molecule has 0 atom stereocenters. The number of nitrogens with one attached hydrogen (secondary N) is 2. The van der Waals surface area contributed by atoms with Crippen LogP contribution in [0.2, 0.25) is 0 Å². The van der Waals surface area contributed by atoms with E-state index in [9.17, 15) is 18.0 Å². The number of likely N-dealkylation sites (N-methyl/N-ethyl adjacent to an activating group) is 1. The van der Waals surface area contributed by atoms with Gasteiger partial charge in [0.05, 0.1) is 18.0 Å². The Labute approximate surface area is 158 Å². The zero-order chi connectivity index (χ0) is 19.9. The maximum atomic E-state index is 12.4. The van der Waals surface area contributed by atoms with Crippen LogP contribution in [0.5, 0.6) is 0 Å². The molecule has 0 bridgehead atoms. The average molecular weight is 385 g/mol. The van der Waals surface area contributed by atoms with Crippen LogP contribution in [0, 0.1) is 12.3 Å². The van der Waals surface area contributed by atoms with Crippen LogP contribution in [0.15, 0.2) is 59.5 Å². The van der Waals surface area contributed by atoms with Crippen LogP contribution < -0.4 is 10.0 Å². The van der Waals surface area contributed by atoms with Gasteiger partial charge in [-0.25, -0.2) is 8.42 Å². The third-order valence-electron chi connectivity index (χ3n) is 3.56. The van der Waals surface area contributed by atoms with Gasteiger partial charge in [0.15, 0.2) is 0 Å². The van der Waals surface area contributed by atoms with Crippen molar-refractivity contribution in [2.24, 2.45) is 0 Å². The summed E-state index contributed by atoms with van der Waals surface area (Å²) in [6.07, 6.45) is 5.04. The van der Waals surface area contributed by atoms with E-state index in [2.05, 4.69) is 16.0 Å². The average Bonchev–Trinajstić information content (AvgIpc) is 2.66. The van der Waals surface area contributed by atoms with Gasteiger partial charge in [-0.05, 0) is 36.4 Å². The van der Waals surface area contributed by atoms with Crippen molar-refractivity contribution < 1.29 is 18.0 Å². The predicted molar refractivity (Wildman–Crippen MR) is 102 cm³/mol. The van der Waals surface area contributed by atoms with Gasteiger partial charge in [0, 0.05) is 18.3 Å². The Balaban J connectivity index is 2.00. The maximum absolute atomic E-state index is 12.4. The lowest BCUT2D eigenvalue weighted by Gasteiger charge is -2.17. The second kappa shape index (κ2) is 8.98. The number of benzene rings is 2. The zero-order valence-electron chi connectivity index (χ0n) is 14.7. The van der Waals surface area contributed by atoms with E-state index in [4.69, 9.17) is 6.42 Å². The van der Waals surface area contributed by atoms with Crippen molar-refractivity contribution >= 4 is 27.5 Å². The first kappa shape index (κ1) is 20.2. The molecule has 0 radical (unpaired) electrons. The fourth-order valence-electron chi connectivity index (χ4n) is 2.23. The molecule has 0 saturated carbocycles. The molecule has 140 valence electrons. The van der Waals surface area contributed by atoms with Gasteiger partial charge in [0.25, 0.3) is 5.91 Å². The number of amides is 2. The summed E-state index contributed by atoms with van der Waals surface area (Å²) in [4.78, 5) is 25.7. The molecule has 27 heavy (non-hydrogen) atoms. The van der Waals surface area contributed by atoms with E-state index in [1.165, 1.54) is 36.2 Å². The third-order valence-corrected chi connectivity index (χ3v) is 4.98. The zero-order valence-corrected chi connectivity index (χ0v) is 15.5. The Morgan fingerprint density at radius 2 is 1.70 bits per heavy atom. The van der Waals surface area contributed by atoms with Gasteiger partial charge in [0.1, 0.15) is 0 Å². The molecule has 2 rings (SSSR count). The summed E-state index contributed by atoms with van der Waals surface area (Å²) in [5.74, 6) is 1.44. The number of carbonyl (C=O) groups excluding carboxylic acids is 2. The number of carbonyl (C=O) groups is 2. The largest absolute Gasteiger partial charge is 0.332 e. The smallest absolute Gasteiger partial charge is 0.254 e. The van der Waals surface area contributed by atoms with E-state index >= 15 is 0 Å². The molecule has 8 heteroatoms. The summed E-state index contributed by atoms with van der Waals surface area (Å²) in [7, 11) is -2.23. The third kappa shape index (κ3) is 5.67. The highest BCUT2D eigenvalue weighted by Crippen LogP contribution is 2.12. The molecule has 0 spiro atoms. The lowest BCUT2D eigenvalue weighted by molar-refractivity contribution is -0.116. The molecular formula is C19H19N3O4S. The maximum Gasteiger partial charge on any atom is 0.254 e. The molecule has 0 aliphatic rings. The monoisotopic (exact) mass is 385 g/mol. The summed E-state index contributed by atoms with van der Waals surface area (Å²) in [6, 6.07) is 14.3. The second-order valence-corrected chi connectivity index (χ2v) is 7.40. The first-order chi connectivity index (χ1) is 12.8. The summed E-state index contributed by atoms with van der Waals surface area (Å²) in [5, 5.41) is 2.69. The Morgan fingerprint density at radius 1 is 1.07 bits per heavy atom. The van der Waals surface area contributed by atoms with Gasteiger partial charge in [0.2, 0.25) is 15.9 Å². The van der Waals surface area contributed by atoms with Crippen LogP contribution in [-0.2, 0) is 14.8 Å². The van der Waals surface area contributed by atoms with Gasteiger partial charge in [-0.15, -0.1) is 6.42 Å². The highest BCUT2D eigenvalue weighted by molar-refractivity contribution is 7.89. The fourth-order valence-corrected chi connectivity index (χ4v) is 3.16. The molecule has 0 heterocycles. The number of anilines is 1. The van der Waals surface area contributed by atoms with Crippen molar-refractivity contribution in [2.75, 3.05) is 25.5 Å². The van der Waals surface area contributed by atoms with Crippen LogP contribution in [0.1, 0.15) is 10.4 Å². The van der Waals surface area contributed by atoms with Crippen LogP contribution in [-0.4, -0.2) is 45.3 Å². The van der Waals surface area contributed by atoms with Crippen LogP contribution in [0.4, 0.5) is 5.69 Å². The number of hydrogen-bond acceptors (Lipinski definition) is 4. The van der Waals surface area contributed by atoms with Crippen LogP contribution in [0.25, 0.3) is 0 Å². The topological polar surface area (TPSA) is 95.6 Å². The number of para-hydroxylation sites is 1. The Kier molecular flexibility index (Phi) is 6.71. The van der Waals surface area contributed by atoms with E-state index < -0.39 is 15.9 Å². The first-order valence-corrected chi connectivity index (χ1v) is 9.45. The highest BCUT2D eigenvalue weighted by atomic mass is 32.2. The molecular weight excluding hydrogens is 366 g/mol. The Hall–Kier alpha value is -3.15. The Bertz CT molecular complexity index is 949. The fraction of sp³-hybridized carbons (Fsp3) is 0.158. The molecule has 0 aromatic heterocycles. The van der Waals surface area contributed by atoms with Crippen molar-refractivity contribution in [3.8, 4) is 12.3 Å². The van der Waals surface area contributed by atoms with Gasteiger partial charge in [-0.1, -0.05) is 24.1 Å². The second-order valence-electron chi connectivity index (χ2n) is 5.63. The molecule has 0 unspecified atom stereocenters. The predicted octanol–water partition coefficient (Wildman–Crippen LogP) is 1.31. The highest BCUT2D eigenvalue weighted by Gasteiger charge is 2.17. The quantitative estimate of drug-likeness (QED) is 0.703. The lowest BCUT2D eigenvalue weighted by Crippen LogP contribution is -2.35. The molecule has 0 aliphatic carbocycles. The molecule has 7 nitrogen and oxygen atoms in total. The summed E-state index contributed by atoms with van der Waals surface area (Å²) in [6.45, 7) is -0.264. The van der Waals surface area contributed by atoms with Crippen molar-refractivity contribution in [1.82, 2.24) is 9.62 Å². The van der Waals surface area contributed by atoms with Crippen molar-refractivity contribution in [1.29, 1.82) is 0 Å². The van der Waals surface area contributed by atoms with Gasteiger partial charge < -0.3 is 10.2 Å². The molecule has 2 amide bonds. The molecule has 2 N–H and O–H groups in total. The number of terminal acetylenes is 1. The van der Waals surface area contributed by atoms with E-state index in [1.807, 2.05) is 6.07 Å². The number of nitrogens with zero attached hydrogens (tertiary/aromatic N) is 1. The molecule has 2 aromatic rings. The summed E-state index contributed by atoms with van der Waals surface area (Å²) >= 11 is 0. The number of rotatable bonds is 7. The number of hydrogen-bond donors (Lipinski definition) is 2. The SMILES string of the molecule is C#CCNS(=O)(=O)c1ccc(C(=O)N(C)CC(=O)Nc2ccccc2)cc1. The van der Waals surface area contributed by atoms with E-state index in [-0.39, 0.29) is 29.5 Å². The molecule has 0 saturated heterocycles. The lowest BCUT2D eigenvalue weighted by atomic mass is 10.2. The normalized spacial score (nSPS) is 10.7. The summed E-state index contributed by atoms with van der Waals surface area (Å²) < 4.78 is 26.2. The van der Waals surface area contributed by atoms with E-state index in [0.717, 1.165) is 0 Å². The van der Waals surface area contributed by atoms with Gasteiger partial charge in [-0.3, -0.25) is 9.59 Å². The van der Waals surface area contributed by atoms with E-state index in [0.29, 0.717) is 5.69 Å². The standard InChI is InChI=1S/C19H19N3O4S/c1-3-13-20-27(25,26)17-11-9-15(10-12-17)19(24)22(2)14-18(23)21-16-7-5-4-6-8-16/h1,4-12,20H,13-14H2,2H3,(H,21,23). The Morgan fingerprint density at radius 3 is 2.30 bits per heavy atom. The minimum Gasteiger partial charge on any atom is -0.332 e. The number of sulfonamides is 1. The van der Waals surface area contributed by atoms with Crippen molar-refractivity contribution in [3.63, 3.8) is 0 Å². The van der Waals surface area contributed by atoms with Crippen molar-refractivity contribution in [3.05, 3.63) is 60.2 Å². The van der Waals surface area contributed by atoms with Crippen LogP contribution >= 0.6 is 0 Å². The minimum atomic E-state index is -3.72. The van der Waals surface area contributed by atoms with Crippen LogP contribution in [0.3, 0.4) is 0 Å². The molecule has 0 aliphatic heterocycles. The minimum absolute atomic E-state index is 0.00114. The molecule has 2 aromatic carbocycles. The van der Waals surface area contributed by atoms with E-state index in [1.54, 1.807) is 24.3 Å². The van der Waals surface area contributed by atoms with Gasteiger partial charge >= 0.3 is 0 Å².